The summed E-state index contributed by atoms with van der Waals surface area (Å²) in [6, 6.07) is 9.99. The summed E-state index contributed by atoms with van der Waals surface area (Å²) in [4.78, 5) is 13.8. The summed E-state index contributed by atoms with van der Waals surface area (Å²) in [6.07, 6.45) is 0. The molecule has 0 radical (unpaired) electrons. The normalized spacial score (nSPS) is 17.1. The highest BCUT2D eigenvalue weighted by molar-refractivity contribution is 5.79. The molecule has 15 heavy (non-hydrogen) atoms. The van der Waals surface area contributed by atoms with Crippen molar-refractivity contribution in [3.8, 4) is 0 Å². The maximum absolute atomic E-state index is 11.6. The van der Waals surface area contributed by atoms with E-state index >= 15 is 0 Å². The van der Waals surface area contributed by atoms with E-state index in [0.29, 0.717) is 6.54 Å². The molecule has 1 saturated heterocycles. The predicted octanol–water partition coefficient (Wildman–Crippen LogP) is 0.864. The average molecular weight is 204 g/mol. The van der Waals surface area contributed by atoms with Gasteiger partial charge in [-0.25, -0.2) is 0 Å². The number of benzene rings is 1. The van der Waals surface area contributed by atoms with Crippen LogP contribution in [0.15, 0.2) is 30.3 Å². The lowest BCUT2D eigenvalue weighted by Crippen LogP contribution is -2.51. The lowest BCUT2D eigenvalue weighted by atomic mass is 10.0. The van der Waals surface area contributed by atoms with Crippen LogP contribution in [0.4, 0.5) is 0 Å². The van der Waals surface area contributed by atoms with Crippen molar-refractivity contribution in [2.45, 2.75) is 6.54 Å². The number of carbonyl (C=O) groups is 1. The Balaban J connectivity index is 1.76. The Bertz CT molecular complexity index is 331. The molecule has 0 aliphatic carbocycles. The highest BCUT2D eigenvalue weighted by Crippen LogP contribution is 2.12. The number of amides is 1. The Labute approximate surface area is 90.1 Å². The molecule has 0 atom stereocenters. The first-order valence-corrected chi connectivity index (χ1v) is 5.26. The van der Waals surface area contributed by atoms with Gasteiger partial charge in [0.15, 0.2) is 0 Å². The fourth-order valence-electron chi connectivity index (χ4n) is 1.79. The highest BCUT2D eigenvalue weighted by atomic mass is 16.2. The number of likely N-dealkylation sites (tertiary alicyclic amines) is 1. The number of carbonyl (C=O) groups excluding carboxylic acids is 1. The van der Waals surface area contributed by atoms with E-state index in [1.54, 1.807) is 0 Å². The topological polar surface area (TPSA) is 32.3 Å². The lowest BCUT2D eigenvalue weighted by Gasteiger charge is -2.34. The van der Waals surface area contributed by atoms with Crippen LogP contribution in [0.1, 0.15) is 5.56 Å². The summed E-state index contributed by atoms with van der Waals surface area (Å²) in [5.74, 6) is 0.371. The molecule has 1 aliphatic rings. The second-order valence-corrected chi connectivity index (χ2v) is 4.12. The summed E-state index contributed by atoms with van der Waals surface area (Å²) in [5.41, 5.74) is 1.15. The molecule has 2 rings (SSSR count). The second kappa shape index (κ2) is 4.45. The third-order valence-corrected chi connectivity index (χ3v) is 2.74. The zero-order valence-electron chi connectivity index (χ0n) is 8.94. The fourth-order valence-corrected chi connectivity index (χ4v) is 1.79. The molecule has 1 aromatic carbocycles. The van der Waals surface area contributed by atoms with Crippen molar-refractivity contribution in [1.82, 2.24) is 10.2 Å². The summed E-state index contributed by atoms with van der Waals surface area (Å²) in [6.45, 7) is 2.42. The minimum Gasteiger partial charge on any atom is -0.352 e. The number of hydrogen-bond acceptors (Lipinski definition) is 2. The Morgan fingerprint density at radius 2 is 2.07 bits per heavy atom. The van der Waals surface area contributed by atoms with Crippen LogP contribution >= 0.6 is 0 Å². The zero-order valence-corrected chi connectivity index (χ0v) is 8.94. The van der Waals surface area contributed by atoms with Crippen LogP contribution in [0.25, 0.3) is 0 Å². The molecule has 0 saturated carbocycles. The van der Waals surface area contributed by atoms with E-state index in [1.807, 2.05) is 37.4 Å². The van der Waals surface area contributed by atoms with Gasteiger partial charge in [-0.3, -0.25) is 4.79 Å². The first kappa shape index (κ1) is 10.2. The molecule has 1 amide bonds. The molecule has 3 nitrogen and oxygen atoms in total. The van der Waals surface area contributed by atoms with E-state index in [-0.39, 0.29) is 11.8 Å². The van der Waals surface area contributed by atoms with Crippen molar-refractivity contribution >= 4 is 5.91 Å². The van der Waals surface area contributed by atoms with Gasteiger partial charge in [0.05, 0.1) is 5.92 Å². The molecule has 1 heterocycles. The SMILES string of the molecule is CN1CC(C(=O)NCc2ccccc2)C1. The molecule has 1 aromatic rings. The molecular formula is C12H16N2O. The lowest BCUT2D eigenvalue weighted by molar-refractivity contribution is -0.129. The molecule has 3 heteroatoms. The van der Waals surface area contributed by atoms with Crippen LogP contribution in [0.2, 0.25) is 0 Å². The standard InChI is InChI=1S/C12H16N2O/c1-14-8-11(9-14)12(15)13-7-10-5-3-2-4-6-10/h2-6,11H,7-9H2,1H3,(H,13,15). The van der Waals surface area contributed by atoms with Gasteiger partial charge in [0.25, 0.3) is 0 Å². The van der Waals surface area contributed by atoms with Crippen LogP contribution in [0.5, 0.6) is 0 Å². The first-order valence-electron chi connectivity index (χ1n) is 5.26. The maximum Gasteiger partial charge on any atom is 0.225 e. The Morgan fingerprint density at radius 3 is 2.67 bits per heavy atom. The van der Waals surface area contributed by atoms with Crippen molar-refractivity contribution < 1.29 is 4.79 Å². The summed E-state index contributed by atoms with van der Waals surface area (Å²) < 4.78 is 0. The van der Waals surface area contributed by atoms with E-state index < -0.39 is 0 Å². The van der Waals surface area contributed by atoms with Crippen LogP contribution in [0, 0.1) is 5.92 Å². The van der Waals surface area contributed by atoms with E-state index in [2.05, 4.69) is 10.2 Å². The highest BCUT2D eigenvalue weighted by Gasteiger charge is 2.29. The minimum absolute atomic E-state index is 0.178. The summed E-state index contributed by atoms with van der Waals surface area (Å²) in [7, 11) is 2.03. The number of nitrogens with one attached hydrogen (secondary N) is 1. The van der Waals surface area contributed by atoms with Gasteiger partial charge < -0.3 is 10.2 Å². The zero-order chi connectivity index (χ0) is 10.7. The third kappa shape index (κ3) is 2.57. The molecule has 0 bridgehead atoms. The quantitative estimate of drug-likeness (QED) is 0.792. The molecular weight excluding hydrogens is 188 g/mol. The van der Waals surface area contributed by atoms with E-state index in [1.165, 1.54) is 0 Å². The number of hydrogen-bond donors (Lipinski definition) is 1. The third-order valence-electron chi connectivity index (χ3n) is 2.74. The largest absolute Gasteiger partial charge is 0.352 e. The van der Waals surface area contributed by atoms with Gasteiger partial charge in [-0.1, -0.05) is 30.3 Å². The van der Waals surface area contributed by atoms with Crippen LogP contribution < -0.4 is 5.32 Å². The monoisotopic (exact) mass is 204 g/mol. The Hall–Kier alpha value is -1.35. The van der Waals surface area contributed by atoms with Gasteiger partial charge in [0.1, 0.15) is 0 Å². The van der Waals surface area contributed by atoms with Gasteiger partial charge in [-0.15, -0.1) is 0 Å². The molecule has 1 aliphatic heterocycles. The van der Waals surface area contributed by atoms with Crippen molar-refractivity contribution in [3.63, 3.8) is 0 Å². The molecule has 0 unspecified atom stereocenters. The minimum atomic E-state index is 0.178. The second-order valence-electron chi connectivity index (χ2n) is 4.12. The molecule has 80 valence electrons. The molecule has 1 N–H and O–H groups in total. The van der Waals surface area contributed by atoms with Crippen molar-refractivity contribution in [2.24, 2.45) is 5.92 Å². The maximum atomic E-state index is 11.6. The molecule has 0 spiro atoms. The summed E-state index contributed by atoms with van der Waals surface area (Å²) in [5, 5.41) is 2.96. The summed E-state index contributed by atoms with van der Waals surface area (Å²) >= 11 is 0. The van der Waals surface area contributed by atoms with Crippen molar-refractivity contribution in [1.29, 1.82) is 0 Å². The molecule has 1 fully saturated rings. The van der Waals surface area contributed by atoms with Gasteiger partial charge in [-0.05, 0) is 12.6 Å². The van der Waals surface area contributed by atoms with Crippen LogP contribution in [0.3, 0.4) is 0 Å². The van der Waals surface area contributed by atoms with Gasteiger partial charge in [0.2, 0.25) is 5.91 Å². The van der Waals surface area contributed by atoms with E-state index in [4.69, 9.17) is 0 Å². The smallest absolute Gasteiger partial charge is 0.225 e. The van der Waals surface area contributed by atoms with Gasteiger partial charge >= 0.3 is 0 Å². The fraction of sp³-hybridized carbons (Fsp3) is 0.417. The van der Waals surface area contributed by atoms with Crippen LogP contribution in [-0.2, 0) is 11.3 Å². The van der Waals surface area contributed by atoms with Crippen molar-refractivity contribution in [3.05, 3.63) is 35.9 Å². The van der Waals surface area contributed by atoms with Gasteiger partial charge in [-0.2, -0.15) is 0 Å². The number of nitrogens with zero attached hydrogens (tertiary/aromatic N) is 1. The Morgan fingerprint density at radius 1 is 1.40 bits per heavy atom. The average Bonchev–Trinajstić information content (AvgIpc) is 2.23. The van der Waals surface area contributed by atoms with Crippen LogP contribution in [-0.4, -0.2) is 30.9 Å². The molecule has 0 aromatic heterocycles. The van der Waals surface area contributed by atoms with Crippen molar-refractivity contribution in [2.75, 3.05) is 20.1 Å². The Kier molecular flexibility index (Phi) is 3.02. The van der Waals surface area contributed by atoms with E-state index in [9.17, 15) is 4.79 Å². The van der Waals surface area contributed by atoms with E-state index in [0.717, 1.165) is 18.7 Å². The van der Waals surface area contributed by atoms with Gasteiger partial charge in [0, 0.05) is 19.6 Å². The number of rotatable bonds is 3. The first-order chi connectivity index (χ1) is 7.25. The predicted molar refractivity (Wildman–Crippen MR) is 59.3 cm³/mol.